The van der Waals surface area contributed by atoms with Crippen molar-refractivity contribution in [1.29, 1.82) is 0 Å². The van der Waals surface area contributed by atoms with E-state index in [0.717, 1.165) is 29.0 Å². The minimum atomic E-state index is -0.898. The highest BCUT2D eigenvalue weighted by Crippen LogP contribution is 2.54. The summed E-state index contributed by atoms with van der Waals surface area (Å²) in [5, 5.41) is 14.0. The molecular formula is C30H24ClNO3. The summed E-state index contributed by atoms with van der Waals surface area (Å²) in [7, 11) is 0. The van der Waals surface area contributed by atoms with Crippen LogP contribution in [0.5, 0.6) is 5.75 Å². The SMILES string of the molecule is O=C(O)c1ccc2c(c1)[C@@H]1c3ccccc3C[C@@H]1[C@@H](c1ccc(OCc3ccccc3Cl)cc1)N2. The first-order chi connectivity index (χ1) is 17.1. The van der Waals surface area contributed by atoms with Crippen molar-refractivity contribution in [3.8, 4) is 5.75 Å². The van der Waals surface area contributed by atoms with Crippen LogP contribution >= 0.6 is 11.6 Å². The summed E-state index contributed by atoms with van der Waals surface area (Å²) in [6.07, 6.45) is 0.944. The average Bonchev–Trinajstić information content (AvgIpc) is 3.28. The summed E-state index contributed by atoms with van der Waals surface area (Å²) >= 11 is 6.25. The Balaban J connectivity index is 1.31. The maximum absolute atomic E-state index is 11.7. The van der Waals surface area contributed by atoms with Crippen LogP contribution in [0, 0.1) is 5.92 Å². The van der Waals surface area contributed by atoms with E-state index in [1.165, 1.54) is 16.7 Å². The number of carboxylic acid groups (broad SMARTS) is 1. The summed E-state index contributed by atoms with van der Waals surface area (Å²) in [4.78, 5) is 11.7. The molecule has 1 heterocycles. The molecule has 0 unspecified atom stereocenters. The third kappa shape index (κ3) is 3.94. The number of hydrogen-bond acceptors (Lipinski definition) is 3. The standard InChI is InChI=1S/C30H24ClNO3/c31-26-8-4-2-6-21(26)17-35-22-12-9-18(10-13-22)29-25-15-19-5-1-3-7-23(19)28(25)24-16-20(30(33)34)11-14-27(24)32-29/h1-14,16,25,28-29,32H,15,17H2,(H,33,34)/t25-,28-,29+/m0/s1. The minimum Gasteiger partial charge on any atom is -0.489 e. The lowest BCUT2D eigenvalue weighted by Crippen LogP contribution is -2.30. The highest BCUT2D eigenvalue weighted by molar-refractivity contribution is 6.31. The number of hydrogen-bond donors (Lipinski definition) is 2. The molecule has 5 heteroatoms. The van der Waals surface area contributed by atoms with Gasteiger partial charge in [0.05, 0.1) is 11.6 Å². The third-order valence-electron chi connectivity index (χ3n) is 7.24. The molecule has 4 nitrogen and oxygen atoms in total. The zero-order chi connectivity index (χ0) is 23.9. The van der Waals surface area contributed by atoms with Crippen LogP contribution in [0.15, 0.2) is 91.0 Å². The van der Waals surface area contributed by atoms with Crippen molar-refractivity contribution in [3.05, 3.63) is 129 Å². The second-order valence-electron chi connectivity index (χ2n) is 9.22. The Bertz CT molecular complexity index is 1420. The minimum absolute atomic E-state index is 0.105. The largest absolute Gasteiger partial charge is 0.489 e. The van der Waals surface area contributed by atoms with E-state index in [0.29, 0.717) is 23.1 Å². The second kappa shape index (κ2) is 8.79. The van der Waals surface area contributed by atoms with Gasteiger partial charge < -0.3 is 15.2 Å². The molecule has 0 fully saturated rings. The molecule has 0 aromatic heterocycles. The first kappa shape index (κ1) is 21.8. The van der Waals surface area contributed by atoms with Gasteiger partial charge in [-0.1, -0.05) is 66.2 Å². The number of carbonyl (C=O) groups is 1. The van der Waals surface area contributed by atoms with E-state index in [2.05, 4.69) is 41.7 Å². The van der Waals surface area contributed by atoms with Crippen LogP contribution in [0.2, 0.25) is 5.02 Å². The predicted molar refractivity (Wildman–Crippen MR) is 137 cm³/mol. The number of benzene rings is 4. The molecule has 2 N–H and O–H groups in total. The fourth-order valence-corrected chi connectivity index (χ4v) is 5.76. The van der Waals surface area contributed by atoms with E-state index in [4.69, 9.17) is 16.3 Å². The average molecular weight is 482 g/mol. The first-order valence-corrected chi connectivity index (χ1v) is 12.1. The summed E-state index contributed by atoms with van der Waals surface area (Å²) in [6, 6.07) is 30.0. The van der Waals surface area contributed by atoms with Gasteiger partial charge in [-0.25, -0.2) is 4.79 Å². The van der Waals surface area contributed by atoms with Gasteiger partial charge in [0.2, 0.25) is 0 Å². The number of halogens is 1. The Morgan fingerprint density at radius 2 is 1.71 bits per heavy atom. The van der Waals surface area contributed by atoms with Gasteiger partial charge in [0.1, 0.15) is 12.4 Å². The smallest absolute Gasteiger partial charge is 0.335 e. The van der Waals surface area contributed by atoms with Gasteiger partial charge in [-0.2, -0.15) is 0 Å². The molecule has 0 saturated heterocycles. The van der Waals surface area contributed by atoms with Crippen molar-refractivity contribution in [2.75, 3.05) is 5.32 Å². The van der Waals surface area contributed by atoms with E-state index < -0.39 is 5.97 Å². The molecule has 0 bridgehead atoms. The Hall–Kier alpha value is -3.76. The van der Waals surface area contributed by atoms with Gasteiger partial charge in [-0.3, -0.25) is 0 Å². The fourth-order valence-electron chi connectivity index (χ4n) is 5.57. The molecule has 1 aliphatic carbocycles. The van der Waals surface area contributed by atoms with Crippen LogP contribution < -0.4 is 10.1 Å². The second-order valence-corrected chi connectivity index (χ2v) is 9.63. The highest BCUT2D eigenvalue weighted by atomic mass is 35.5. The molecule has 174 valence electrons. The van der Waals surface area contributed by atoms with E-state index in [-0.39, 0.29) is 12.0 Å². The van der Waals surface area contributed by atoms with Crippen molar-refractivity contribution in [3.63, 3.8) is 0 Å². The number of rotatable bonds is 5. The normalized spacial score (nSPS) is 19.7. The molecule has 2 aliphatic rings. The number of aromatic carboxylic acids is 1. The molecule has 4 aromatic carbocycles. The molecule has 3 atom stereocenters. The Morgan fingerprint density at radius 1 is 0.943 bits per heavy atom. The number of nitrogens with one attached hydrogen (secondary N) is 1. The lowest BCUT2D eigenvalue weighted by atomic mass is 9.75. The Morgan fingerprint density at radius 3 is 2.51 bits per heavy atom. The van der Waals surface area contributed by atoms with Gasteiger partial charge in [-0.05, 0) is 71.0 Å². The molecule has 0 amide bonds. The lowest BCUT2D eigenvalue weighted by molar-refractivity contribution is 0.0696. The maximum Gasteiger partial charge on any atom is 0.335 e. The van der Waals surface area contributed by atoms with Gasteiger partial charge >= 0.3 is 5.97 Å². The number of carboxylic acids is 1. The molecular weight excluding hydrogens is 458 g/mol. The van der Waals surface area contributed by atoms with Crippen LogP contribution in [0.4, 0.5) is 5.69 Å². The zero-order valence-electron chi connectivity index (χ0n) is 18.9. The summed E-state index contributed by atoms with van der Waals surface area (Å²) in [6.45, 7) is 0.417. The van der Waals surface area contributed by atoms with Crippen molar-refractivity contribution in [2.45, 2.75) is 25.0 Å². The summed E-state index contributed by atoms with van der Waals surface area (Å²) in [5.74, 6) is 0.342. The monoisotopic (exact) mass is 481 g/mol. The van der Waals surface area contributed by atoms with Crippen LogP contribution in [-0.2, 0) is 13.0 Å². The van der Waals surface area contributed by atoms with Crippen LogP contribution in [-0.4, -0.2) is 11.1 Å². The van der Waals surface area contributed by atoms with Gasteiger partial charge in [0, 0.05) is 22.2 Å². The zero-order valence-corrected chi connectivity index (χ0v) is 19.7. The van der Waals surface area contributed by atoms with Crippen molar-refractivity contribution < 1.29 is 14.6 Å². The van der Waals surface area contributed by atoms with Crippen molar-refractivity contribution >= 4 is 23.3 Å². The van der Waals surface area contributed by atoms with Crippen molar-refractivity contribution in [2.24, 2.45) is 5.92 Å². The molecule has 6 rings (SSSR count). The van der Waals surface area contributed by atoms with Crippen LogP contribution in [0.25, 0.3) is 0 Å². The van der Waals surface area contributed by atoms with Crippen LogP contribution in [0.3, 0.4) is 0 Å². The number of fused-ring (bicyclic) bond motifs is 5. The Labute approximate surface area is 209 Å². The first-order valence-electron chi connectivity index (χ1n) is 11.8. The highest BCUT2D eigenvalue weighted by Gasteiger charge is 2.43. The fraction of sp³-hybridized carbons (Fsp3) is 0.167. The molecule has 1 aliphatic heterocycles. The quantitative estimate of drug-likeness (QED) is 0.319. The predicted octanol–water partition coefficient (Wildman–Crippen LogP) is 7.09. The lowest BCUT2D eigenvalue weighted by Gasteiger charge is -2.38. The van der Waals surface area contributed by atoms with E-state index in [9.17, 15) is 9.90 Å². The number of ether oxygens (including phenoxy) is 1. The van der Waals surface area contributed by atoms with Gasteiger partial charge in [0.15, 0.2) is 0 Å². The summed E-state index contributed by atoms with van der Waals surface area (Å²) < 4.78 is 5.98. The van der Waals surface area contributed by atoms with E-state index >= 15 is 0 Å². The van der Waals surface area contributed by atoms with Gasteiger partial charge in [-0.15, -0.1) is 0 Å². The topological polar surface area (TPSA) is 58.6 Å². The van der Waals surface area contributed by atoms with E-state index in [1.54, 1.807) is 6.07 Å². The molecule has 35 heavy (non-hydrogen) atoms. The molecule has 0 radical (unpaired) electrons. The van der Waals surface area contributed by atoms with Crippen molar-refractivity contribution in [1.82, 2.24) is 0 Å². The third-order valence-corrected chi connectivity index (χ3v) is 7.61. The summed E-state index contributed by atoms with van der Waals surface area (Å²) in [5.41, 5.74) is 7.16. The molecule has 4 aromatic rings. The van der Waals surface area contributed by atoms with E-state index in [1.807, 2.05) is 48.5 Å². The van der Waals surface area contributed by atoms with Crippen LogP contribution in [0.1, 0.15) is 50.1 Å². The maximum atomic E-state index is 11.7. The molecule has 0 spiro atoms. The van der Waals surface area contributed by atoms with Gasteiger partial charge in [0.25, 0.3) is 0 Å². The number of anilines is 1. The Kier molecular flexibility index (Phi) is 5.46. The molecule has 0 saturated carbocycles.